The van der Waals surface area contributed by atoms with Crippen molar-refractivity contribution in [2.75, 3.05) is 6.54 Å². The molecule has 2 atom stereocenters. The van der Waals surface area contributed by atoms with Crippen LogP contribution in [0.4, 0.5) is 0 Å². The minimum absolute atomic E-state index is 0.0658. The zero-order valence-corrected chi connectivity index (χ0v) is 9.23. The van der Waals surface area contributed by atoms with Crippen LogP contribution in [0.25, 0.3) is 0 Å². The molecule has 0 saturated heterocycles. The molecule has 1 N–H and O–H groups in total. The monoisotopic (exact) mass is 233 g/mol. The summed E-state index contributed by atoms with van der Waals surface area (Å²) in [6.45, 7) is 4.88. The van der Waals surface area contributed by atoms with Gasteiger partial charge in [0.2, 0.25) is 5.91 Å². The molecular weight excluding hydrogens is 218 g/mol. The van der Waals surface area contributed by atoms with E-state index in [1.807, 2.05) is 6.92 Å². The molecule has 1 fully saturated rings. The van der Waals surface area contributed by atoms with Gasteiger partial charge in [-0.25, -0.2) is 0 Å². The normalized spacial score (nSPS) is 21.6. The van der Waals surface area contributed by atoms with Crippen molar-refractivity contribution in [3.05, 3.63) is 0 Å². The summed E-state index contributed by atoms with van der Waals surface area (Å²) in [6, 6.07) is 0. The lowest BCUT2D eigenvalue weighted by Gasteiger charge is -2.11. The smallest absolute Gasteiger partial charge is 0.233 e. The Balaban J connectivity index is 2.11. The summed E-state index contributed by atoms with van der Waals surface area (Å²) in [6.07, 6.45) is 2.70. The lowest BCUT2D eigenvalue weighted by Crippen LogP contribution is -2.33. The number of alkyl halides is 1. The largest absolute Gasteiger partial charge is 0.355 e. The molecule has 0 bridgehead atoms. The van der Waals surface area contributed by atoms with Crippen LogP contribution in [-0.4, -0.2) is 17.3 Å². The molecular formula is C9H16BrNO. The molecule has 1 rings (SSSR count). The van der Waals surface area contributed by atoms with E-state index in [-0.39, 0.29) is 10.7 Å². The van der Waals surface area contributed by atoms with E-state index in [2.05, 4.69) is 28.2 Å². The zero-order chi connectivity index (χ0) is 9.14. The summed E-state index contributed by atoms with van der Waals surface area (Å²) in [5, 5.41) is 2.92. The molecule has 0 aromatic rings. The van der Waals surface area contributed by atoms with E-state index < -0.39 is 0 Å². The molecule has 0 aromatic heterocycles. The van der Waals surface area contributed by atoms with Crippen molar-refractivity contribution in [2.24, 2.45) is 11.8 Å². The summed E-state index contributed by atoms with van der Waals surface area (Å²) in [5.41, 5.74) is 0. The van der Waals surface area contributed by atoms with E-state index in [9.17, 15) is 4.79 Å². The van der Waals surface area contributed by atoms with Gasteiger partial charge in [0.1, 0.15) is 0 Å². The molecule has 70 valence electrons. The van der Waals surface area contributed by atoms with Gasteiger partial charge in [-0.3, -0.25) is 4.79 Å². The topological polar surface area (TPSA) is 29.1 Å². The number of rotatable bonds is 4. The second-order valence-corrected chi connectivity index (χ2v) is 5.05. The van der Waals surface area contributed by atoms with E-state index in [4.69, 9.17) is 0 Å². The highest BCUT2D eigenvalue weighted by Crippen LogP contribution is 2.36. The third-order valence-corrected chi connectivity index (χ3v) is 2.80. The Morgan fingerprint density at radius 1 is 1.58 bits per heavy atom. The van der Waals surface area contributed by atoms with E-state index in [1.165, 1.54) is 12.8 Å². The highest BCUT2D eigenvalue weighted by molar-refractivity contribution is 9.10. The van der Waals surface area contributed by atoms with Crippen LogP contribution in [0.3, 0.4) is 0 Å². The van der Waals surface area contributed by atoms with Crippen LogP contribution < -0.4 is 5.32 Å². The van der Waals surface area contributed by atoms with Crippen molar-refractivity contribution in [1.82, 2.24) is 5.32 Å². The molecule has 2 unspecified atom stereocenters. The first-order chi connectivity index (χ1) is 5.61. The Labute approximate surface area is 82.2 Å². The molecule has 0 spiro atoms. The van der Waals surface area contributed by atoms with Crippen molar-refractivity contribution in [3.8, 4) is 0 Å². The maximum absolute atomic E-state index is 11.1. The molecule has 1 saturated carbocycles. The molecule has 2 nitrogen and oxygen atoms in total. The van der Waals surface area contributed by atoms with E-state index >= 15 is 0 Å². The van der Waals surface area contributed by atoms with Gasteiger partial charge in [-0.05, 0) is 31.6 Å². The lowest BCUT2D eigenvalue weighted by molar-refractivity contribution is -0.120. The quantitative estimate of drug-likeness (QED) is 0.740. The van der Waals surface area contributed by atoms with Crippen molar-refractivity contribution < 1.29 is 4.79 Å². The number of carbonyl (C=O) groups excluding carboxylic acids is 1. The number of hydrogen-bond donors (Lipinski definition) is 1. The molecule has 0 aromatic carbocycles. The molecule has 1 aliphatic carbocycles. The van der Waals surface area contributed by atoms with Crippen LogP contribution in [-0.2, 0) is 4.79 Å². The lowest BCUT2D eigenvalue weighted by atomic mass is 10.1. The second kappa shape index (κ2) is 4.26. The standard InChI is InChI=1S/C9H16BrNO/c1-6(8-3-4-8)5-11-9(12)7(2)10/h6-8H,3-5H2,1-2H3,(H,11,12). The summed E-state index contributed by atoms with van der Waals surface area (Å²) in [5.74, 6) is 1.62. The number of nitrogens with one attached hydrogen (secondary N) is 1. The number of halogens is 1. The molecule has 3 heteroatoms. The Morgan fingerprint density at radius 3 is 2.58 bits per heavy atom. The van der Waals surface area contributed by atoms with Crippen LogP contribution in [0.5, 0.6) is 0 Å². The summed E-state index contributed by atoms with van der Waals surface area (Å²) in [7, 11) is 0. The first kappa shape index (κ1) is 10.0. The minimum atomic E-state index is -0.0658. The number of amides is 1. The third kappa shape index (κ3) is 3.13. The fourth-order valence-electron chi connectivity index (χ4n) is 1.23. The highest BCUT2D eigenvalue weighted by Gasteiger charge is 2.27. The van der Waals surface area contributed by atoms with E-state index in [0.717, 1.165) is 12.5 Å². The minimum Gasteiger partial charge on any atom is -0.355 e. The van der Waals surface area contributed by atoms with Crippen LogP contribution in [0.2, 0.25) is 0 Å². The Bertz CT molecular complexity index is 166. The van der Waals surface area contributed by atoms with Gasteiger partial charge in [0, 0.05) is 6.54 Å². The maximum atomic E-state index is 11.1. The molecule has 0 heterocycles. The Hall–Kier alpha value is -0.0500. The van der Waals surface area contributed by atoms with Crippen molar-refractivity contribution >= 4 is 21.8 Å². The Morgan fingerprint density at radius 2 is 2.17 bits per heavy atom. The van der Waals surface area contributed by atoms with Crippen molar-refractivity contribution in [3.63, 3.8) is 0 Å². The van der Waals surface area contributed by atoms with Gasteiger partial charge in [0.15, 0.2) is 0 Å². The Kier molecular flexibility index (Phi) is 3.56. The second-order valence-electron chi connectivity index (χ2n) is 3.68. The van der Waals surface area contributed by atoms with Gasteiger partial charge in [-0.2, -0.15) is 0 Å². The average molecular weight is 234 g/mol. The molecule has 1 aliphatic rings. The van der Waals surface area contributed by atoms with Gasteiger partial charge in [-0.1, -0.05) is 22.9 Å². The number of carbonyl (C=O) groups is 1. The molecule has 1 amide bonds. The fourth-order valence-corrected chi connectivity index (χ4v) is 1.40. The summed E-state index contributed by atoms with van der Waals surface area (Å²) < 4.78 is 0. The third-order valence-electron chi connectivity index (χ3n) is 2.39. The van der Waals surface area contributed by atoms with Crippen molar-refractivity contribution in [2.45, 2.75) is 31.5 Å². The van der Waals surface area contributed by atoms with Gasteiger partial charge in [0.05, 0.1) is 4.83 Å². The first-order valence-electron chi connectivity index (χ1n) is 4.53. The van der Waals surface area contributed by atoms with Gasteiger partial charge in [-0.15, -0.1) is 0 Å². The van der Waals surface area contributed by atoms with E-state index in [1.54, 1.807) is 0 Å². The zero-order valence-electron chi connectivity index (χ0n) is 7.64. The van der Waals surface area contributed by atoms with Crippen LogP contribution in [0.15, 0.2) is 0 Å². The van der Waals surface area contributed by atoms with Gasteiger partial charge < -0.3 is 5.32 Å². The first-order valence-corrected chi connectivity index (χ1v) is 5.44. The molecule has 0 radical (unpaired) electrons. The predicted octanol–water partition coefficient (Wildman–Crippen LogP) is 1.93. The van der Waals surface area contributed by atoms with Crippen LogP contribution >= 0.6 is 15.9 Å². The fraction of sp³-hybridized carbons (Fsp3) is 0.889. The van der Waals surface area contributed by atoms with Gasteiger partial charge in [0.25, 0.3) is 0 Å². The van der Waals surface area contributed by atoms with E-state index in [0.29, 0.717) is 5.92 Å². The number of hydrogen-bond acceptors (Lipinski definition) is 1. The maximum Gasteiger partial charge on any atom is 0.233 e. The predicted molar refractivity (Wildman–Crippen MR) is 53.3 cm³/mol. The molecule has 0 aliphatic heterocycles. The van der Waals surface area contributed by atoms with Crippen molar-refractivity contribution in [1.29, 1.82) is 0 Å². The van der Waals surface area contributed by atoms with Crippen LogP contribution in [0, 0.1) is 11.8 Å². The molecule has 12 heavy (non-hydrogen) atoms. The average Bonchev–Trinajstić information content (AvgIpc) is 2.81. The summed E-state index contributed by atoms with van der Waals surface area (Å²) in [4.78, 5) is 11.1. The highest BCUT2D eigenvalue weighted by atomic mass is 79.9. The van der Waals surface area contributed by atoms with Gasteiger partial charge >= 0.3 is 0 Å². The van der Waals surface area contributed by atoms with Crippen LogP contribution in [0.1, 0.15) is 26.7 Å². The SMILES string of the molecule is CC(Br)C(=O)NCC(C)C1CC1. The summed E-state index contributed by atoms with van der Waals surface area (Å²) >= 11 is 3.23.